The molecule has 5 nitrogen and oxygen atoms in total. The molecule has 1 N–H and O–H groups in total. The Morgan fingerprint density at radius 1 is 1.44 bits per heavy atom. The molecule has 1 aliphatic rings. The van der Waals surface area contributed by atoms with Gasteiger partial charge in [-0.1, -0.05) is 37.4 Å². The van der Waals surface area contributed by atoms with E-state index in [2.05, 4.69) is 23.4 Å². The van der Waals surface area contributed by atoms with Gasteiger partial charge >= 0.3 is 0 Å². The Hall–Kier alpha value is -2.37. The lowest BCUT2D eigenvalue weighted by molar-refractivity contribution is -0.138. The minimum Gasteiger partial charge on any atom is -0.458 e. The number of benzene rings is 1. The Balaban J connectivity index is 1.92. The van der Waals surface area contributed by atoms with Crippen LogP contribution in [0.4, 0.5) is 0 Å². The summed E-state index contributed by atoms with van der Waals surface area (Å²) in [5, 5.41) is 2.80. The van der Waals surface area contributed by atoms with Crippen LogP contribution >= 0.6 is 0 Å². The summed E-state index contributed by atoms with van der Waals surface area (Å²) in [4.78, 5) is 14.1. The maximum absolute atomic E-state index is 11.9. The quantitative estimate of drug-likeness (QED) is 0.583. The van der Waals surface area contributed by atoms with Crippen molar-refractivity contribution in [3.63, 3.8) is 0 Å². The van der Waals surface area contributed by atoms with E-state index >= 15 is 0 Å². The Kier molecular flexibility index (Phi) is 7.44. The van der Waals surface area contributed by atoms with Crippen LogP contribution in [0.1, 0.15) is 6.92 Å². The van der Waals surface area contributed by atoms with E-state index in [1.54, 1.807) is 6.08 Å². The average molecular weight is 342 g/mol. The highest BCUT2D eigenvalue weighted by Crippen LogP contribution is 2.15. The van der Waals surface area contributed by atoms with Crippen molar-refractivity contribution < 1.29 is 14.3 Å². The number of allylic oxidation sites excluding steroid dienone is 1. The zero-order valence-electron chi connectivity index (χ0n) is 14.7. The van der Waals surface area contributed by atoms with Crippen LogP contribution in [-0.4, -0.2) is 49.7 Å². The summed E-state index contributed by atoms with van der Waals surface area (Å²) in [6.07, 6.45) is 3.23. The van der Waals surface area contributed by atoms with E-state index in [1.807, 2.05) is 43.3 Å². The van der Waals surface area contributed by atoms with E-state index < -0.39 is 6.10 Å². The van der Waals surface area contributed by atoms with Crippen molar-refractivity contribution in [1.82, 2.24) is 10.2 Å². The smallest absolute Gasteiger partial charge is 0.250 e. The molecule has 1 aromatic carbocycles. The number of carbonyl (C=O) groups is 1. The number of rotatable bonds is 8. The topological polar surface area (TPSA) is 50.8 Å². The number of likely N-dealkylation sites (N-methyl/N-ethyl adjacent to an activating group) is 1. The fraction of sp³-hybridized carbons (Fsp3) is 0.350. The number of amides is 1. The molecule has 5 heteroatoms. The second-order valence-corrected chi connectivity index (χ2v) is 5.79. The predicted octanol–water partition coefficient (Wildman–Crippen LogP) is 2.53. The summed E-state index contributed by atoms with van der Waals surface area (Å²) in [7, 11) is 0. The van der Waals surface area contributed by atoms with Crippen LogP contribution in [0.3, 0.4) is 0 Å². The third kappa shape index (κ3) is 6.21. The molecule has 0 bridgehead atoms. The number of hydrogen-bond acceptors (Lipinski definition) is 4. The first-order valence-corrected chi connectivity index (χ1v) is 8.49. The summed E-state index contributed by atoms with van der Waals surface area (Å²) >= 11 is 0. The van der Waals surface area contributed by atoms with Gasteiger partial charge in [-0.05, 0) is 30.7 Å². The maximum atomic E-state index is 11.9. The molecule has 1 fully saturated rings. The monoisotopic (exact) mass is 342 g/mol. The van der Waals surface area contributed by atoms with Crippen molar-refractivity contribution in [2.75, 3.05) is 32.8 Å². The number of para-hydroxylation sites is 1. The molecule has 0 spiro atoms. The molecular weight excluding hydrogens is 316 g/mol. The summed E-state index contributed by atoms with van der Waals surface area (Å²) in [6, 6.07) is 9.52. The van der Waals surface area contributed by atoms with E-state index in [0.29, 0.717) is 32.0 Å². The van der Waals surface area contributed by atoms with Gasteiger partial charge in [-0.15, -0.1) is 0 Å². The van der Waals surface area contributed by atoms with Crippen molar-refractivity contribution in [1.29, 1.82) is 0 Å². The third-order valence-electron chi connectivity index (χ3n) is 3.80. The molecule has 0 aliphatic carbocycles. The van der Waals surface area contributed by atoms with Crippen LogP contribution in [0, 0.1) is 0 Å². The largest absolute Gasteiger partial charge is 0.458 e. The normalized spacial score (nSPS) is 18.4. The highest BCUT2D eigenvalue weighted by molar-refractivity contribution is 5.81. The summed E-state index contributed by atoms with van der Waals surface area (Å²) in [6.45, 7) is 12.8. The van der Waals surface area contributed by atoms with Crippen LogP contribution < -0.4 is 10.1 Å². The molecule has 134 valence electrons. The van der Waals surface area contributed by atoms with Crippen LogP contribution in [0.2, 0.25) is 0 Å². The van der Waals surface area contributed by atoms with Crippen molar-refractivity contribution in [3.8, 4) is 5.75 Å². The zero-order chi connectivity index (χ0) is 18.1. The number of morpholine rings is 1. The van der Waals surface area contributed by atoms with Gasteiger partial charge < -0.3 is 14.8 Å². The summed E-state index contributed by atoms with van der Waals surface area (Å²) < 4.78 is 11.3. The van der Waals surface area contributed by atoms with E-state index in [1.165, 1.54) is 0 Å². The van der Waals surface area contributed by atoms with Gasteiger partial charge in [0, 0.05) is 26.2 Å². The molecule has 1 amide bonds. The molecule has 2 rings (SSSR count). The molecule has 1 atom stereocenters. The number of carbonyl (C=O) groups excluding carboxylic acids is 1. The number of hydrogen-bond donors (Lipinski definition) is 1. The molecular formula is C20H26N2O3. The molecule has 0 saturated carbocycles. The Morgan fingerprint density at radius 2 is 2.20 bits per heavy atom. The fourth-order valence-electron chi connectivity index (χ4n) is 2.60. The van der Waals surface area contributed by atoms with Gasteiger partial charge in [0.1, 0.15) is 17.6 Å². The number of nitrogens with one attached hydrogen (secondary N) is 1. The van der Waals surface area contributed by atoms with Crippen molar-refractivity contribution in [2.24, 2.45) is 0 Å². The minimum absolute atomic E-state index is 0.0619. The van der Waals surface area contributed by atoms with Gasteiger partial charge in [0.25, 0.3) is 0 Å². The number of ether oxygens (including phenoxy) is 2. The fourth-order valence-corrected chi connectivity index (χ4v) is 2.60. The lowest BCUT2D eigenvalue weighted by Gasteiger charge is -2.32. The molecule has 1 aromatic rings. The lowest BCUT2D eigenvalue weighted by Crippen LogP contribution is -2.50. The van der Waals surface area contributed by atoms with Crippen molar-refractivity contribution in [2.45, 2.75) is 13.0 Å². The lowest BCUT2D eigenvalue weighted by atomic mass is 10.2. The van der Waals surface area contributed by atoms with Crippen molar-refractivity contribution >= 4 is 5.91 Å². The standard InChI is InChI=1S/C20H26N2O3/c1-4-17(13-16(3)25-18-9-7-6-8-10-18)14-22-11-12-24-19(15-22)20(23)21-5-2/h4,6-10,13,19H,1,3,5,11-12,14-15H2,2H3,(H,21,23)/b17-13+. The molecule has 1 aliphatic heterocycles. The van der Waals surface area contributed by atoms with Crippen LogP contribution in [0.15, 0.2) is 67.0 Å². The van der Waals surface area contributed by atoms with E-state index in [0.717, 1.165) is 17.9 Å². The van der Waals surface area contributed by atoms with Gasteiger partial charge in [-0.25, -0.2) is 0 Å². The average Bonchev–Trinajstić information content (AvgIpc) is 2.62. The second kappa shape index (κ2) is 9.81. The van der Waals surface area contributed by atoms with Gasteiger partial charge in [0.15, 0.2) is 0 Å². The predicted molar refractivity (Wildman–Crippen MR) is 99.4 cm³/mol. The van der Waals surface area contributed by atoms with E-state index in [4.69, 9.17) is 9.47 Å². The van der Waals surface area contributed by atoms with Gasteiger partial charge in [0.2, 0.25) is 5.91 Å². The highest BCUT2D eigenvalue weighted by Gasteiger charge is 2.26. The zero-order valence-corrected chi connectivity index (χ0v) is 14.7. The first-order chi connectivity index (χ1) is 12.1. The summed E-state index contributed by atoms with van der Waals surface area (Å²) in [5.41, 5.74) is 0.984. The maximum Gasteiger partial charge on any atom is 0.250 e. The van der Waals surface area contributed by atoms with E-state index in [9.17, 15) is 4.79 Å². The van der Waals surface area contributed by atoms with E-state index in [-0.39, 0.29) is 5.91 Å². The van der Waals surface area contributed by atoms with Gasteiger partial charge in [-0.2, -0.15) is 0 Å². The number of nitrogens with zero attached hydrogens (tertiary/aromatic N) is 1. The Labute approximate surface area is 149 Å². The molecule has 1 saturated heterocycles. The molecule has 1 unspecified atom stereocenters. The Morgan fingerprint density at radius 3 is 2.88 bits per heavy atom. The van der Waals surface area contributed by atoms with Crippen LogP contribution in [0.25, 0.3) is 0 Å². The second-order valence-electron chi connectivity index (χ2n) is 5.79. The molecule has 25 heavy (non-hydrogen) atoms. The van der Waals surface area contributed by atoms with Crippen LogP contribution in [-0.2, 0) is 9.53 Å². The first-order valence-electron chi connectivity index (χ1n) is 8.49. The van der Waals surface area contributed by atoms with Gasteiger partial charge in [0.05, 0.1) is 6.61 Å². The minimum atomic E-state index is -0.427. The SMILES string of the molecule is C=C/C(=C\C(=C)Oc1ccccc1)CN1CCOC(C(=O)NCC)C1. The third-order valence-corrected chi connectivity index (χ3v) is 3.80. The van der Waals surface area contributed by atoms with Crippen molar-refractivity contribution in [3.05, 3.63) is 67.0 Å². The van der Waals surface area contributed by atoms with Crippen LogP contribution in [0.5, 0.6) is 5.75 Å². The summed E-state index contributed by atoms with van der Waals surface area (Å²) in [5.74, 6) is 1.23. The molecule has 0 radical (unpaired) electrons. The molecule has 0 aromatic heterocycles. The molecule has 1 heterocycles. The first kappa shape index (κ1) is 19.0. The van der Waals surface area contributed by atoms with Gasteiger partial charge in [-0.3, -0.25) is 9.69 Å². The Bertz CT molecular complexity index is 625. The highest BCUT2D eigenvalue weighted by atomic mass is 16.5.